The van der Waals surface area contributed by atoms with Gasteiger partial charge in [-0.15, -0.1) is 0 Å². The van der Waals surface area contributed by atoms with E-state index in [0.29, 0.717) is 19.4 Å². The largest absolute Gasteiger partial charge is 0.396 e. The van der Waals surface area contributed by atoms with E-state index in [-0.39, 0.29) is 29.5 Å². The van der Waals surface area contributed by atoms with Gasteiger partial charge in [0.05, 0.1) is 10.9 Å². The maximum absolute atomic E-state index is 12.1. The van der Waals surface area contributed by atoms with E-state index in [2.05, 4.69) is 0 Å². The molecule has 0 heterocycles. The summed E-state index contributed by atoms with van der Waals surface area (Å²) in [5.74, 6) is -0.408. The molecule has 5 heteroatoms. The van der Waals surface area contributed by atoms with Crippen LogP contribution >= 0.6 is 12.2 Å². The first-order chi connectivity index (χ1) is 7.45. The number of hydrogen-bond donors (Lipinski definition) is 2. The SMILES string of the molecule is CCC(C(=O)N(CCCO)C(C)C)C(N)=S. The van der Waals surface area contributed by atoms with Crippen molar-refractivity contribution in [1.82, 2.24) is 4.90 Å². The van der Waals surface area contributed by atoms with Crippen molar-refractivity contribution in [3.8, 4) is 0 Å². The van der Waals surface area contributed by atoms with Gasteiger partial charge in [0.15, 0.2) is 0 Å². The Morgan fingerprint density at radius 3 is 2.38 bits per heavy atom. The number of thiocarbonyl (C=S) groups is 1. The number of hydrogen-bond acceptors (Lipinski definition) is 3. The van der Waals surface area contributed by atoms with Gasteiger partial charge in [-0.2, -0.15) is 0 Å². The first-order valence-corrected chi connectivity index (χ1v) is 6.07. The molecule has 1 atom stereocenters. The van der Waals surface area contributed by atoms with Crippen LogP contribution in [0.15, 0.2) is 0 Å². The lowest BCUT2D eigenvalue weighted by molar-refractivity contribution is -0.135. The van der Waals surface area contributed by atoms with Crippen LogP contribution in [0.3, 0.4) is 0 Å². The van der Waals surface area contributed by atoms with Crippen LogP contribution in [0.25, 0.3) is 0 Å². The van der Waals surface area contributed by atoms with Gasteiger partial charge in [-0.25, -0.2) is 0 Å². The zero-order chi connectivity index (χ0) is 12.7. The Labute approximate surface area is 103 Å². The summed E-state index contributed by atoms with van der Waals surface area (Å²) in [7, 11) is 0. The Morgan fingerprint density at radius 1 is 1.50 bits per heavy atom. The summed E-state index contributed by atoms with van der Waals surface area (Å²) in [6, 6.07) is 0.0995. The molecule has 0 aliphatic heterocycles. The Balaban J connectivity index is 4.64. The van der Waals surface area contributed by atoms with Crippen LogP contribution in [0, 0.1) is 5.92 Å². The molecule has 0 bridgehead atoms. The lowest BCUT2D eigenvalue weighted by atomic mass is 10.0. The summed E-state index contributed by atoms with van der Waals surface area (Å²) in [6.45, 7) is 6.42. The van der Waals surface area contributed by atoms with Crippen molar-refractivity contribution in [3.05, 3.63) is 0 Å². The molecule has 16 heavy (non-hydrogen) atoms. The molecule has 1 unspecified atom stereocenters. The second kappa shape index (κ2) is 7.57. The molecule has 0 saturated carbocycles. The van der Waals surface area contributed by atoms with Crippen molar-refractivity contribution in [2.45, 2.75) is 39.7 Å². The zero-order valence-electron chi connectivity index (χ0n) is 10.3. The average molecular weight is 246 g/mol. The van der Waals surface area contributed by atoms with E-state index < -0.39 is 0 Å². The number of nitrogens with two attached hydrogens (primary N) is 1. The Morgan fingerprint density at radius 2 is 2.06 bits per heavy atom. The third kappa shape index (κ3) is 4.45. The highest BCUT2D eigenvalue weighted by atomic mass is 32.1. The molecule has 0 fully saturated rings. The number of rotatable bonds is 7. The standard InChI is InChI=1S/C11H22N2O2S/c1-4-9(10(12)16)11(15)13(8(2)3)6-5-7-14/h8-9,14H,4-7H2,1-3H3,(H2,12,16). The van der Waals surface area contributed by atoms with Gasteiger partial charge in [-0.3, -0.25) is 4.79 Å². The monoisotopic (exact) mass is 246 g/mol. The maximum atomic E-state index is 12.1. The van der Waals surface area contributed by atoms with Crippen LogP contribution in [0.4, 0.5) is 0 Å². The van der Waals surface area contributed by atoms with Crippen LogP contribution in [-0.2, 0) is 4.79 Å². The summed E-state index contributed by atoms with van der Waals surface area (Å²) in [6.07, 6.45) is 1.20. The van der Waals surface area contributed by atoms with Crippen molar-refractivity contribution < 1.29 is 9.90 Å². The molecule has 0 aliphatic rings. The lowest BCUT2D eigenvalue weighted by Crippen LogP contribution is -2.45. The van der Waals surface area contributed by atoms with Crippen LogP contribution in [0.1, 0.15) is 33.6 Å². The molecule has 94 valence electrons. The van der Waals surface area contributed by atoms with Gasteiger partial charge in [-0.1, -0.05) is 19.1 Å². The van der Waals surface area contributed by atoms with Crippen molar-refractivity contribution in [3.63, 3.8) is 0 Å². The number of nitrogens with zero attached hydrogens (tertiary/aromatic N) is 1. The smallest absolute Gasteiger partial charge is 0.232 e. The van der Waals surface area contributed by atoms with Crippen molar-refractivity contribution in [2.24, 2.45) is 11.7 Å². The fourth-order valence-corrected chi connectivity index (χ4v) is 1.83. The second-order valence-corrected chi connectivity index (χ2v) is 4.54. The minimum absolute atomic E-state index is 0.0292. The van der Waals surface area contributed by atoms with Gasteiger partial charge >= 0.3 is 0 Å². The van der Waals surface area contributed by atoms with Crippen LogP contribution < -0.4 is 5.73 Å². The molecule has 0 saturated heterocycles. The molecule has 0 aliphatic carbocycles. The lowest BCUT2D eigenvalue weighted by Gasteiger charge is -2.29. The van der Waals surface area contributed by atoms with Crippen molar-refractivity contribution in [1.29, 1.82) is 0 Å². The fourth-order valence-electron chi connectivity index (χ4n) is 1.56. The summed E-state index contributed by atoms with van der Waals surface area (Å²) in [4.78, 5) is 14.1. The van der Waals surface area contributed by atoms with Gasteiger partial charge in [0.25, 0.3) is 0 Å². The fraction of sp³-hybridized carbons (Fsp3) is 0.818. The third-order valence-corrected chi connectivity index (χ3v) is 2.80. The summed E-state index contributed by atoms with van der Waals surface area (Å²) >= 11 is 4.89. The highest BCUT2D eigenvalue weighted by Gasteiger charge is 2.26. The topological polar surface area (TPSA) is 66.6 Å². The highest BCUT2D eigenvalue weighted by molar-refractivity contribution is 7.80. The molecular weight excluding hydrogens is 224 g/mol. The number of aliphatic hydroxyl groups is 1. The molecule has 0 rings (SSSR count). The molecule has 0 aromatic rings. The molecule has 0 spiro atoms. The van der Waals surface area contributed by atoms with Crippen molar-refractivity contribution in [2.75, 3.05) is 13.2 Å². The number of carbonyl (C=O) groups is 1. The van der Waals surface area contributed by atoms with E-state index in [9.17, 15) is 4.79 Å². The van der Waals surface area contributed by atoms with E-state index in [1.54, 1.807) is 4.90 Å². The predicted octanol–water partition coefficient (Wildman–Crippen LogP) is 0.918. The van der Waals surface area contributed by atoms with Gasteiger partial charge in [0.1, 0.15) is 0 Å². The van der Waals surface area contributed by atoms with E-state index in [1.807, 2.05) is 20.8 Å². The molecule has 3 N–H and O–H groups in total. The molecule has 0 aromatic carbocycles. The van der Waals surface area contributed by atoms with Gasteiger partial charge < -0.3 is 15.7 Å². The highest BCUT2D eigenvalue weighted by Crippen LogP contribution is 2.12. The molecule has 0 aromatic heterocycles. The Kier molecular flexibility index (Phi) is 7.25. The third-order valence-electron chi connectivity index (χ3n) is 2.51. The Bertz CT molecular complexity index is 244. The molecule has 4 nitrogen and oxygen atoms in total. The quantitative estimate of drug-likeness (QED) is 0.656. The van der Waals surface area contributed by atoms with E-state index in [0.717, 1.165) is 0 Å². The minimum atomic E-state index is -0.379. The number of aliphatic hydroxyl groups excluding tert-OH is 1. The summed E-state index contributed by atoms with van der Waals surface area (Å²) in [5.41, 5.74) is 5.55. The van der Waals surface area contributed by atoms with E-state index >= 15 is 0 Å². The number of amides is 1. The normalized spacial score (nSPS) is 12.6. The zero-order valence-corrected chi connectivity index (χ0v) is 11.1. The first kappa shape index (κ1) is 15.3. The molecule has 0 radical (unpaired) electrons. The van der Waals surface area contributed by atoms with Gasteiger partial charge in [0.2, 0.25) is 5.91 Å². The van der Waals surface area contributed by atoms with Crippen molar-refractivity contribution >= 4 is 23.1 Å². The van der Waals surface area contributed by atoms with Crippen LogP contribution in [0.2, 0.25) is 0 Å². The number of carbonyl (C=O) groups excluding carboxylic acids is 1. The van der Waals surface area contributed by atoms with E-state index in [1.165, 1.54) is 0 Å². The second-order valence-electron chi connectivity index (χ2n) is 4.07. The first-order valence-electron chi connectivity index (χ1n) is 5.66. The van der Waals surface area contributed by atoms with Gasteiger partial charge in [0, 0.05) is 19.2 Å². The Hall–Kier alpha value is -0.680. The predicted molar refractivity (Wildman–Crippen MR) is 69.1 cm³/mol. The minimum Gasteiger partial charge on any atom is -0.396 e. The van der Waals surface area contributed by atoms with Crippen LogP contribution in [-0.4, -0.2) is 40.1 Å². The molecular formula is C11H22N2O2S. The summed E-state index contributed by atoms with van der Waals surface area (Å²) < 4.78 is 0. The van der Waals surface area contributed by atoms with Gasteiger partial charge in [-0.05, 0) is 26.7 Å². The summed E-state index contributed by atoms with van der Waals surface area (Å²) in [5, 5.41) is 8.80. The molecule has 1 amide bonds. The van der Waals surface area contributed by atoms with Crippen LogP contribution in [0.5, 0.6) is 0 Å². The van der Waals surface area contributed by atoms with E-state index in [4.69, 9.17) is 23.1 Å². The average Bonchev–Trinajstić information content (AvgIpc) is 2.18. The maximum Gasteiger partial charge on any atom is 0.232 e.